The van der Waals surface area contributed by atoms with Crippen LogP contribution in [0.3, 0.4) is 0 Å². The number of carbonyl (C=O) groups is 4. The first-order chi connectivity index (χ1) is 22.6. The van der Waals surface area contributed by atoms with Gasteiger partial charge in [0.05, 0.1) is 52.7 Å². The molecule has 0 aromatic carbocycles. The number of imidazole rings is 2. The van der Waals surface area contributed by atoms with E-state index in [1.807, 2.05) is 0 Å². The molecule has 47 heavy (non-hydrogen) atoms. The van der Waals surface area contributed by atoms with Crippen LogP contribution in [0.15, 0.2) is 24.8 Å². The number of methoxy groups -OCH3 is 1. The van der Waals surface area contributed by atoms with Crippen molar-refractivity contribution in [2.45, 2.75) is 63.7 Å². The van der Waals surface area contributed by atoms with E-state index in [0.717, 1.165) is 56.8 Å². The van der Waals surface area contributed by atoms with Gasteiger partial charge in [-0.1, -0.05) is 0 Å². The second-order valence-corrected chi connectivity index (χ2v) is 13.4. The highest BCUT2D eigenvalue weighted by atomic mass is 32.1. The second-order valence-electron chi connectivity index (χ2n) is 11.3. The van der Waals surface area contributed by atoms with Crippen LogP contribution in [0.1, 0.15) is 63.3 Å². The molecule has 16 nitrogen and oxygen atoms in total. The molecule has 4 aromatic heterocycles. The van der Waals surface area contributed by atoms with E-state index >= 15 is 0 Å². The zero-order valence-corrected chi connectivity index (χ0v) is 27.5. The van der Waals surface area contributed by atoms with E-state index in [0.29, 0.717) is 24.7 Å². The van der Waals surface area contributed by atoms with Gasteiger partial charge < -0.3 is 40.2 Å². The molecule has 6 rings (SSSR count). The summed E-state index contributed by atoms with van der Waals surface area (Å²) in [6, 6.07) is -2.07. The molecule has 2 aliphatic heterocycles. The van der Waals surface area contributed by atoms with Crippen LogP contribution in [-0.2, 0) is 14.3 Å². The molecule has 2 fully saturated rings. The van der Waals surface area contributed by atoms with Gasteiger partial charge in [0.25, 0.3) is 0 Å². The lowest BCUT2D eigenvalue weighted by Gasteiger charge is -2.26. The van der Waals surface area contributed by atoms with Crippen molar-refractivity contribution in [3.8, 4) is 31.2 Å². The molecule has 0 saturated carbocycles. The molecule has 4 aromatic rings. The van der Waals surface area contributed by atoms with Crippen molar-refractivity contribution in [1.29, 1.82) is 0 Å². The van der Waals surface area contributed by atoms with Gasteiger partial charge in [0, 0.05) is 25.5 Å². The molecule has 0 aliphatic carbocycles. The molecule has 4 amide bonds. The zero-order valence-electron chi connectivity index (χ0n) is 25.8. The van der Waals surface area contributed by atoms with E-state index in [1.165, 1.54) is 36.7 Å². The first-order valence-electron chi connectivity index (χ1n) is 15.1. The van der Waals surface area contributed by atoms with Crippen LogP contribution in [0.4, 0.5) is 9.59 Å². The van der Waals surface area contributed by atoms with Crippen LogP contribution >= 0.6 is 22.7 Å². The molecule has 0 unspecified atom stereocenters. The van der Waals surface area contributed by atoms with Gasteiger partial charge >= 0.3 is 12.2 Å². The summed E-state index contributed by atoms with van der Waals surface area (Å²) >= 11 is 2.93. The highest BCUT2D eigenvalue weighted by molar-refractivity contribution is 7.24. The topological polar surface area (TPSA) is 211 Å². The van der Waals surface area contributed by atoms with Crippen molar-refractivity contribution >= 4 is 46.7 Å². The van der Waals surface area contributed by atoms with E-state index in [4.69, 9.17) is 5.11 Å². The molecule has 0 radical (unpaired) electrons. The second kappa shape index (κ2) is 13.5. The van der Waals surface area contributed by atoms with E-state index in [1.54, 1.807) is 41.5 Å². The highest BCUT2D eigenvalue weighted by Gasteiger charge is 2.36. The third-order valence-electron chi connectivity index (χ3n) is 8.22. The number of hydrogen-bond acceptors (Lipinski definition) is 11. The summed E-state index contributed by atoms with van der Waals surface area (Å²) in [5.74, 6) is 0.837. The summed E-state index contributed by atoms with van der Waals surface area (Å²) in [5, 5.41) is 15.2. The molecule has 0 spiro atoms. The van der Waals surface area contributed by atoms with Crippen molar-refractivity contribution in [2.75, 3.05) is 20.2 Å². The van der Waals surface area contributed by atoms with Gasteiger partial charge in [0.2, 0.25) is 11.8 Å². The van der Waals surface area contributed by atoms with Crippen LogP contribution in [0.2, 0.25) is 0 Å². The van der Waals surface area contributed by atoms with Crippen LogP contribution in [-0.4, -0.2) is 101 Å². The average molecular weight is 683 g/mol. The van der Waals surface area contributed by atoms with Crippen molar-refractivity contribution in [2.24, 2.45) is 0 Å². The Morgan fingerprint density at radius 1 is 0.809 bits per heavy atom. The SMILES string of the molecule is COC(=O)N[C@@H](C)C(=O)N1CCC[C@H]1c1ncc(-c2cnc(-c3ncc(-c4cnc([C@@H]5CCCN5C(=O)[C@H](C)NC(=O)O)[nH]4)s3)s2)[nH]1. The Kier molecular flexibility index (Phi) is 9.21. The van der Waals surface area contributed by atoms with Crippen molar-refractivity contribution in [3.63, 3.8) is 0 Å². The van der Waals surface area contributed by atoms with Gasteiger partial charge in [-0.2, -0.15) is 0 Å². The third kappa shape index (κ3) is 6.69. The Hall–Kier alpha value is -4.84. The molecule has 0 bridgehead atoms. The minimum atomic E-state index is -1.24. The van der Waals surface area contributed by atoms with Crippen LogP contribution in [0.25, 0.3) is 31.2 Å². The molecule has 4 atom stereocenters. The van der Waals surface area contributed by atoms with E-state index in [-0.39, 0.29) is 23.9 Å². The number of nitrogens with zero attached hydrogens (tertiary/aromatic N) is 6. The third-order valence-corrected chi connectivity index (χ3v) is 10.4. The largest absolute Gasteiger partial charge is 0.465 e. The number of rotatable bonds is 9. The number of carboxylic acid groups (broad SMARTS) is 1. The predicted molar refractivity (Wildman–Crippen MR) is 171 cm³/mol. The quantitative estimate of drug-likeness (QED) is 0.172. The Morgan fingerprint density at radius 2 is 1.28 bits per heavy atom. The fourth-order valence-corrected chi connectivity index (χ4v) is 7.72. The molecular weight excluding hydrogens is 649 g/mol. The summed E-state index contributed by atoms with van der Waals surface area (Å²) in [5.41, 5.74) is 1.55. The number of aromatic nitrogens is 6. The van der Waals surface area contributed by atoms with Crippen LogP contribution in [0.5, 0.6) is 0 Å². The Labute approximate surface area is 277 Å². The predicted octanol–water partition coefficient (Wildman–Crippen LogP) is 3.77. The Bertz CT molecular complexity index is 1780. The molecule has 2 aliphatic rings. The molecule has 6 heterocycles. The van der Waals surface area contributed by atoms with E-state index < -0.39 is 24.3 Å². The summed E-state index contributed by atoms with van der Waals surface area (Å²) in [6.07, 6.45) is 8.18. The minimum Gasteiger partial charge on any atom is -0.465 e. The number of likely N-dealkylation sites (tertiary alicyclic amines) is 2. The zero-order chi connectivity index (χ0) is 33.2. The van der Waals surface area contributed by atoms with E-state index in [9.17, 15) is 19.2 Å². The number of ether oxygens (including phenoxy) is 1. The standard InChI is InChI=1S/C29H34N10O6S2/c1-14(34-28(42)43)26(40)38-8-4-6-18(38)22-30-10-16(36-22)20-12-32-24(46-20)25-33-13-21(47-25)17-11-31-23(37-17)19-7-5-9-39(19)27(41)15(2)35-29(44)45-3/h10-15,18-19,34H,4-9H2,1-3H3,(H,30,36)(H,31,37)(H,35,44)(H,42,43)/t14-,15-,18-,19-/m0/s1. The van der Waals surface area contributed by atoms with Crippen molar-refractivity contribution < 1.29 is 29.0 Å². The molecule has 2 saturated heterocycles. The van der Waals surface area contributed by atoms with Crippen LogP contribution < -0.4 is 10.6 Å². The lowest BCUT2D eigenvalue weighted by atomic mass is 10.2. The highest BCUT2D eigenvalue weighted by Crippen LogP contribution is 2.38. The number of amides is 4. The molecule has 5 N–H and O–H groups in total. The minimum absolute atomic E-state index is 0.198. The average Bonchev–Trinajstić information content (AvgIpc) is 3.88. The lowest BCUT2D eigenvalue weighted by molar-refractivity contribution is -0.134. The van der Waals surface area contributed by atoms with Gasteiger partial charge in [-0.15, -0.1) is 22.7 Å². The fourth-order valence-electron chi connectivity index (χ4n) is 5.93. The molecule has 248 valence electrons. The number of hydrogen-bond donors (Lipinski definition) is 5. The normalized spacial score (nSPS) is 19.0. The lowest BCUT2D eigenvalue weighted by Crippen LogP contribution is -2.46. The monoisotopic (exact) mass is 682 g/mol. The molecule has 18 heteroatoms. The first-order valence-corrected chi connectivity index (χ1v) is 16.7. The van der Waals surface area contributed by atoms with Crippen LogP contribution in [0, 0.1) is 0 Å². The van der Waals surface area contributed by atoms with Gasteiger partial charge in [-0.25, -0.2) is 29.5 Å². The summed E-state index contributed by atoms with van der Waals surface area (Å²) in [7, 11) is 1.26. The number of aromatic amines is 2. The molecular formula is C29H34N10O6S2. The van der Waals surface area contributed by atoms with Crippen molar-refractivity contribution in [3.05, 3.63) is 36.4 Å². The Balaban J connectivity index is 1.12. The van der Waals surface area contributed by atoms with E-state index in [2.05, 4.69) is 45.3 Å². The maximum Gasteiger partial charge on any atom is 0.407 e. The number of carbonyl (C=O) groups excluding carboxylic acids is 3. The summed E-state index contributed by atoms with van der Waals surface area (Å²) < 4.78 is 4.62. The summed E-state index contributed by atoms with van der Waals surface area (Å²) in [6.45, 7) is 4.27. The van der Waals surface area contributed by atoms with Gasteiger partial charge in [-0.05, 0) is 39.5 Å². The number of thiazole rings is 2. The maximum absolute atomic E-state index is 13.0. The van der Waals surface area contributed by atoms with Gasteiger partial charge in [-0.3, -0.25) is 9.59 Å². The number of nitrogens with one attached hydrogen (secondary N) is 4. The maximum atomic E-state index is 13.0. The fraction of sp³-hybridized carbons (Fsp3) is 0.448. The van der Waals surface area contributed by atoms with Gasteiger partial charge in [0.15, 0.2) is 10.0 Å². The number of H-pyrrole nitrogens is 2. The smallest absolute Gasteiger partial charge is 0.407 e. The Morgan fingerprint density at radius 3 is 1.72 bits per heavy atom. The first kappa shape index (κ1) is 32.1. The number of alkyl carbamates (subject to hydrolysis) is 1. The summed E-state index contributed by atoms with van der Waals surface area (Å²) in [4.78, 5) is 78.7. The van der Waals surface area contributed by atoms with Crippen molar-refractivity contribution in [1.82, 2.24) is 50.3 Å². The van der Waals surface area contributed by atoms with Gasteiger partial charge in [0.1, 0.15) is 23.7 Å².